The number of carbonyl (C=O) groups excluding carboxylic acids is 1. The number of rotatable bonds is 6. The standard InChI is InChI=1S/C15H28N4O/c1-2-6-18(8-9-19-7-5-16-15(19)20)14-10-12-3-4-13(11-14)17-12/h12-14,17H,2-11H2,1H3,(H,16,20). The third kappa shape index (κ3) is 3.09. The molecule has 2 unspecified atom stereocenters. The maximum Gasteiger partial charge on any atom is 0.317 e. The molecule has 0 spiro atoms. The summed E-state index contributed by atoms with van der Waals surface area (Å²) in [5.74, 6) is 0. The second kappa shape index (κ2) is 6.31. The highest BCUT2D eigenvalue weighted by molar-refractivity contribution is 5.76. The summed E-state index contributed by atoms with van der Waals surface area (Å²) in [6.45, 7) is 7.02. The zero-order valence-corrected chi connectivity index (χ0v) is 12.6. The van der Waals surface area contributed by atoms with Gasteiger partial charge >= 0.3 is 6.03 Å². The number of amides is 2. The number of hydrogen-bond acceptors (Lipinski definition) is 3. The Morgan fingerprint density at radius 2 is 2.00 bits per heavy atom. The number of nitrogens with zero attached hydrogens (tertiary/aromatic N) is 2. The van der Waals surface area contributed by atoms with E-state index in [9.17, 15) is 4.79 Å². The molecule has 114 valence electrons. The van der Waals surface area contributed by atoms with Crippen molar-refractivity contribution in [3.63, 3.8) is 0 Å². The summed E-state index contributed by atoms with van der Waals surface area (Å²) in [6, 6.07) is 2.33. The number of piperidine rings is 1. The lowest BCUT2D eigenvalue weighted by Crippen LogP contribution is -2.50. The van der Waals surface area contributed by atoms with Crippen molar-refractivity contribution < 1.29 is 4.79 Å². The number of carbonyl (C=O) groups is 1. The van der Waals surface area contributed by atoms with Crippen LogP contribution in [0, 0.1) is 0 Å². The van der Waals surface area contributed by atoms with Crippen LogP contribution in [0.5, 0.6) is 0 Å². The molecule has 3 aliphatic heterocycles. The van der Waals surface area contributed by atoms with Gasteiger partial charge < -0.3 is 15.5 Å². The predicted molar refractivity (Wildman–Crippen MR) is 79.8 cm³/mol. The van der Waals surface area contributed by atoms with E-state index in [2.05, 4.69) is 22.5 Å². The van der Waals surface area contributed by atoms with Crippen LogP contribution in [0.3, 0.4) is 0 Å². The smallest absolute Gasteiger partial charge is 0.317 e. The second-order valence-corrected chi connectivity index (χ2v) is 6.52. The van der Waals surface area contributed by atoms with Crippen LogP contribution >= 0.6 is 0 Å². The molecule has 0 saturated carbocycles. The molecule has 2 amide bonds. The van der Waals surface area contributed by atoms with Gasteiger partial charge in [-0.1, -0.05) is 6.92 Å². The summed E-state index contributed by atoms with van der Waals surface area (Å²) < 4.78 is 0. The van der Waals surface area contributed by atoms with Gasteiger partial charge in [-0.15, -0.1) is 0 Å². The lowest BCUT2D eigenvalue weighted by atomic mass is 9.98. The van der Waals surface area contributed by atoms with E-state index < -0.39 is 0 Å². The summed E-state index contributed by atoms with van der Waals surface area (Å²) in [5, 5.41) is 6.61. The largest absolute Gasteiger partial charge is 0.336 e. The number of urea groups is 1. The van der Waals surface area contributed by atoms with Crippen molar-refractivity contribution in [1.82, 2.24) is 20.4 Å². The van der Waals surface area contributed by atoms with Crippen molar-refractivity contribution in [1.29, 1.82) is 0 Å². The van der Waals surface area contributed by atoms with Gasteiger partial charge in [0, 0.05) is 44.3 Å². The fraction of sp³-hybridized carbons (Fsp3) is 0.933. The summed E-state index contributed by atoms with van der Waals surface area (Å²) in [5.41, 5.74) is 0. The van der Waals surface area contributed by atoms with E-state index in [1.54, 1.807) is 0 Å². The fourth-order valence-corrected chi connectivity index (χ4v) is 4.06. The SMILES string of the molecule is CCCN(CCN1CCNC1=O)C1CC2CCC(C1)N2. The lowest BCUT2D eigenvalue weighted by molar-refractivity contribution is 0.129. The molecular weight excluding hydrogens is 252 g/mol. The Kier molecular flexibility index (Phi) is 4.46. The molecule has 20 heavy (non-hydrogen) atoms. The molecule has 3 saturated heterocycles. The van der Waals surface area contributed by atoms with Crippen LogP contribution in [0.25, 0.3) is 0 Å². The maximum atomic E-state index is 11.6. The van der Waals surface area contributed by atoms with Crippen molar-refractivity contribution >= 4 is 6.03 Å². The molecule has 0 radical (unpaired) electrons. The van der Waals surface area contributed by atoms with E-state index >= 15 is 0 Å². The summed E-state index contributed by atoms with van der Waals surface area (Å²) in [6.07, 6.45) is 6.50. The van der Waals surface area contributed by atoms with Gasteiger partial charge in [0.25, 0.3) is 0 Å². The first-order valence-electron chi connectivity index (χ1n) is 8.29. The first kappa shape index (κ1) is 14.1. The van der Waals surface area contributed by atoms with E-state index in [4.69, 9.17) is 0 Å². The third-order valence-electron chi connectivity index (χ3n) is 5.08. The summed E-state index contributed by atoms with van der Waals surface area (Å²) >= 11 is 0. The maximum absolute atomic E-state index is 11.6. The van der Waals surface area contributed by atoms with Gasteiger partial charge in [0.05, 0.1) is 0 Å². The lowest BCUT2D eigenvalue weighted by Gasteiger charge is -2.38. The van der Waals surface area contributed by atoms with Crippen LogP contribution in [-0.4, -0.2) is 66.7 Å². The van der Waals surface area contributed by atoms with Gasteiger partial charge in [-0.3, -0.25) is 4.90 Å². The Bertz CT molecular complexity index is 337. The van der Waals surface area contributed by atoms with Crippen LogP contribution in [0.2, 0.25) is 0 Å². The molecule has 2 atom stereocenters. The molecule has 0 aromatic rings. The van der Waals surface area contributed by atoms with Gasteiger partial charge in [-0.2, -0.15) is 0 Å². The van der Waals surface area contributed by atoms with E-state index in [0.29, 0.717) is 0 Å². The molecule has 3 heterocycles. The molecule has 2 N–H and O–H groups in total. The quantitative estimate of drug-likeness (QED) is 0.763. The van der Waals surface area contributed by atoms with Gasteiger partial charge in [-0.25, -0.2) is 4.79 Å². The molecule has 0 aromatic carbocycles. The van der Waals surface area contributed by atoms with Crippen molar-refractivity contribution in [2.24, 2.45) is 0 Å². The number of hydrogen-bond donors (Lipinski definition) is 2. The fourth-order valence-electron chi connectivity index (χ4n) is 4.06. The van der Waals surface area contributed by atoms with Crippen molar-refractivity contribution in [2.75, 3.05) is 32.7 Å². The predicted octanol–water partition coefficient (Wildman–Crippen LogP) is 1.01. The minimum absolute atomic E-state index is 0.117. The molecule has 2 bridgehead atoms. The van der Waals surface area contributed by atoms with Crippen LogP contribution in [0.1, 0.15) is 39.0 Å². The van der Waals surface area contributed by atoms with Crippen molar-refractivity contribution in [3.8, 4) is 0 Å². The first-order valence-corrected chi connectivity index (χ1v) is 8.29. The summed E-state index contributed by atoms with van der Waals surface area (Å²) in [7, 11) is 0. The minimum Gasteiger partial charge on any atom is -0.336 e. The Labute approximate surface area is 122 Å². The average molecular weight is 280 g/mol. The molecule has 5 nitrogen and oxygen atoms in total. The molecule has 5 heteroatoms. The molecule has 0 aromatic heterocycles. The highest BCUT2D eigenvalue weighted by atomic mass is 16.2. The highest BCUT2D eigenvalue weighted by Crippen LogP contribution is 2.29. The van der Waals surface area contributed by atoms with E-state index in [-0.39, 0.29) is 6.03 Å². The van der Waals surface area contributed by atoms with Crippen molar-refractivity contribution in [2.45, 2.75) is 57.2 Å². The first-order chi connectivity index (χ1) is 9.76. The van der Waals surface area contributed by atoms with Gasteiger partial charge in [-0.05, 0) is 38.6 Å². The topological polar surface area (TPSA) is 47.6 Å². The van der Waals surface area contributed by atoms with Crippen molar-refractivity contribution in [3.05, 3.63) is 0 Å². The molecular formula is C15H28N4O. The van der Waals surface area contributed by atoms with E-state index in [1.165, 1.54) is 38.6 Å². The molecule has 3 fully saturated rings. The summed E-state index contributed by atoms with van der Waals surface area (Å²) in [4.78, 5) is 16.2. The molecule has 3 rings (SSSR count). The van der Waals surface area contributed by atoms with Crippen LogP contribution in [0.4, 0.5) is 4.79 Å². The third-order valence-corrected chi connectivity index (χ3v) is 5.08. The number of nitrogens with one attached hydrogen (secondary N) is 2. The minimum atomic E-state index is 0.117. The van der Waals surface area contributed by atoms with Gasteiger partial charge in [0.15, 0.2) is 0 Å². The van der Waals surface area contributed by atoms with E-state index in [0.717, 1.165) is 44.3 Å². The Balaban J connectivity index is 1.53. The Morgan fingerprint density at radius 1 is 1.25 bits per heavy atom. The van der Waals surface area contributed by atoms with Crippen LogP contribution < -0.4 is 10.6 Å². The van der Waals surface area contributed by atoms with Gasteiger partial charge in [0.2, 0.25) is 0 Å². The van der Waals surface area contributed by atoms with E-state index in [1.807, 2.05) is 4.90 Å². The number of fused-ring (bicyclic) bond motifs is 2. The zero-order valence-electron chi connectivity index (χ0n) is 12.6. The van der Waals surface area contributed by atoms with Gasteiger partial charge in [0.1, 0.15) is 0 Å². The normalized spacial score (nSPS) is 33.0. The molecule has 3 aliphatic rings. The Hall–Kier alpha value is -0.810. The van der Waals surface area contributed by atoms with Crippen LogP contribution in [-0.2, 0) is 0 Å². The second-order valence-electron chi connectivity index (χ2n) is 6.52. The monoisotopic (exact) mass is 280 g/mol. The average Bonchev–Trinajstić information content (AvgIpc) is 3.00. The zero-order chi connectivity index (χ0) is 13.9. The van der Waals surface area contributed by atoms with Crippen LogP contribution in [0.15, 0.2) is 0 Å². The Morgan fingerprint density at radius 3 is 2.60 bits per heavy atom. The molecule has 0 aliphatic carbocycles. The highest BCUT2D eigenvalue weighted by Gasteiger charge is 2.36.